The highest BCUT2D eigenvalue weighted by Gasteiger charge is 2.09. The molecule has 0 bridgehead atoms. The van der Waals surface area contributed by atoms with Gasteiger partial charge in [-0.25, -0.2) is 0 Å². The van der Waals surface area contributed by atoms with Gasteiger partial charge >= 0.3 is 0 Å². The van der Waals surface area contributed by atoms with Crippen LogP contribution in [0.1, 0.15) is 45.8 Å². The second kappa shape index (κ2) is 9.04. The van der Waals surface area contributed by atoms with Crippen molar-refractivity contribution in [2.45, 2.75) is 53.0 Å². The topological polar surface area (TPSA) is 54.2 Å². The van der Waals surface area contributed by atoms with Gasteiger partial charge < -0.3 is 14.7 Å². The quantitative estimate of drug-likeness (QED) is 0.702. The van der Waals surface area contributed by atoms with Gasteiger partial charge in [0, 0.05) is 25.4 Å². The first-order chi connectivity index (χ1) is 9.19. The van der Waals surface area contributed by atoms with Crippen molar-refractivity contribution in [1.82, 2.24) is 20.4 Å². The average Bonchev–Trinajstić information content (AvgIpc) is 2.86. The molecule has 1 unspecified atom stereocenters. The zero-order valence-electron chi connectivity index (χ0n) is 12.8. The molecule has 5 heteroatoms. The molecule has 0 aliphatic heterocycles. The molecule has 0 aliphatic rings. The minimum absolute atomic E-state index is 0.496. The zero-order valence-corrected chi connectivity index (χ0v) is 12.8. The summed E-state index contributed by atoms with van der Waals surface area (Å²) >= 11 is 0. The molecule has 0 aliphatic carbocycles. The van der Waals surface area contributed by atoms with Crippen LogP contribution >= 0.6 is 0 Å². The second-order valence-corrected chi connectivity index (χ2v) is 4.88. The summed E-state index contributed by atoms with van der Waals surface area (Å²) in [5, 5.41) is 7.43. The fourth-order valence-corrected chi connectivity index (χ4v) is 2.08. The van der Waals surface area contributed by atoms with Crippen molar-refractivity contribution in [3.05, 3.63) is 11.7 Å². The van der Waals surface area contributed by atoms with Crippen LogP contribution in [-0.2, 0) is 12.8 Å². The first kappa shape index (κ1) is 16.1. The van der Waals surface area contributed by atoms with Gasteiger partial charge in [0.05, 0.1) is 0 Å². The molecule has 0 saturated heterocycles. The zero-order chi connectivity index (χ0) is 14.1. The van der Waals surface area contributed by atoms with E-state index in [-0.39, 0.29) is 0 Å². The Kier molecular flexibility index (Phi) is 7.67. The van der Waals surface area contributed by atoms with Crippen molar-refractivity contribution >= 4 is 0 Å². The van der Waals surface area contributed by atoms with Crippen LogP contribution in [0, 0.1) is 0 Å². The molecule has 0 aromatic carbocycles. The van der Waals surface area contributed by atoms with Crippen molar-refractivity contribution in [2.24, 2.45) is 0 Å². The molecule has 0 spiro atoms. The third-order valence-electron chi connectivity index (χ3n) is 3.40. The van der Waals surface area contributed by atoms with E-state index < -0.39 is 0 Å². The fourth-order valence-electron chi connectivity index (χ4n) is 2.08. The Morgan fingerprint density at radius 1 is 1.21 bits per heavy atom. The lowest BCUT2D eigenvalue weighted by molar-refractivity contribution is 0.302. The van der Waals surface area contributed by atoms with Crippen LogP contribution in [-0.4, -0.2) is 47.3 Å². The smallest absolute Gasteiger partial charge is 0.226 e. The van der Waals surface area contributed by atoms with Gasteiger partial charge in [-0.1, -0.05) is 25.9 Å². The number of nitrogens with zero attached hydrogens (tertiary/aromatic N) is 3. The number of nitrogens with one attached hydrogen (secondary N) is 1. The number of aromatic nitrogens is 2. The maximum absolute atomic E-state index is 5.29. The summed E-state index contributed by atoms with van der Waals surface area (Å²) < 4.78 is 5.29. The molecule has 19 heavy (non-hydrogen) atoms. The van der Waals surface area contributed by atoms with Gasteiger partial charge in [0.25, 0.3) is 0 Å². The molecule has 0 saturated carbocycles. The molecule has 0 radical (unpaired) electrons. The Labute approximate surface area is 116 Å². The van der Waals surface area contributed by atoms with Gasteiger partial charge in [0.1, 0.15) is 0 Å². The van der Waals surface area contributed by atoms with Crippen LogP contribution in [0.15, 0.2) is 4.52 Å². The Balaban J connectivity index is 2.31. The highest BCUT2D eigenvalue weighted by molar-refractivity contribution is 4.88. The van der Waals surface area contributed by atoms with E-state index in [0.717, 1.165) is 57.2 Å². The van der Waals surface area contributed by atoms with Crippen LogP contribution in [0.3, 0.4) is 0 Å². The highest BCUT2D eigenvalue weighted by atomic mass is 16.5. The number of hydrogen-bond donors (Lipinski definition) is 1. The third kappa shape index (κ3) is 6.16. The summed E-state index contributed by atoms with van der Waals surface area (Å²) in [4.78, 5) is 6.82. The monoisotopic (exact) mass is 268 g/mol. The standard InChI is InChI=1S/C14H28N4O/c1-5-15-12(4)8-9-14-16-13(17-19-14)10-11-18(6-2)7-3/h12,15H,5-11H2,1-4H3. The summed E-state index contributed by atoms with van der Waals surface area (Å²) in [6.45, 7) is 12.8. The van der Waals surface area contributed by atoms with E-state index in [1.54, 1.807) is 0 Å². The van der Waals surface area contributed by atoms with Crippen LogP contribution in [0.2, 0.25) is 0 Å². The van der Waals surface area contributed by atoms with Gasteiger partial charge in [-0.15, -0.1) is 0 Å². The van der Waals surface area contributed by atoms with Gasteiger partial charge in [0.2, 0.25) is 5.89 Å². The van der Waals surface area contributed by atoms with Crippen LogP contribution in [0.5, 0.6) is 0 Å². The van der Waals surface area contributed by atoms with E-state index in [1.807, 2.05) is 0 Å². The molecular formula is C14H28N4O. The van der Waals surface area contributed by atoms with E-state index in [0.29, 0.717) is 6.04 Å². The molecule has 5 nitrogen and oxygen atoms in total. The van der Waals surface area contributed by atoms with E-state index in [2.05, 4.69) is 48.1 Å². The molecule has 110 valence electrons. The van der Waals surface area contributed by atoms with E-state index in [1.165, 1.54) is 0 Å². The Morgan fingerprint density at radius 3 is 2.58 bits per heavy atom. The average molecular weight is 268 g/mol. The lowest BCUT2D eigenvalue weighted by atomic mass is 10.2. The Bertz CT molecular complexity index is 336. The summed E-state index contributed by atoms with van der Waals surface area (Å²) in [7, 11) is 0. The normalized spacial score (nSPS) is 13.1. The molecule has 1 heterocycles. The minimum Gasteiger partial charge on any atom is -0.339 e. The largest absolute Gasteiger partial charge is 0.339 e. The molecule has 1 aromatic heterocycles. The van der Waals surface area contributed by atoms with Crippen molar-refractivity contribution in [3.8, 4) is 0 Å². The molecule has 1 rings (SSSR count). The first-order valence-corrected chi connectivity index (χ1v) is 7.46. The lowest BCUT2D eigenvalue weighted by Crippen LogP contribution is -2.26. The van der Waals surface area contributed by atoms with Gasteiger partial charge in [-0.2, -0.15) is 4.98 Å². The molecule has 1 N–H and O–H groups in total. The Hall–Kier alpha value is -0.940. The minimum atomic E-state index is 0.496. The predicted molar refractivity (Wildman–Crippen MR) is 77.2 cm³/mol. The molecular weight excluding hydrogens is 240 g/mol. The third-order valence-corrected chi connectivity index (χ3v) is 3.40. The first-order valence-electron chi connectivity index (χ1n) is 7.46. The molecule has 1 atom stereocenters. The van der Waals surface area contributed by atoms with Crippen LogP contribution in [0.25, 0.3) is 0 Å². The van der Waals surface area contributed by atoms with Crippen molar-refractivity contribution in [3.63, 3.8) is 0 Å². The summed E-state index contributed by atoms with van der Waals surface area (Å²) in [6, 6.07) is 0.496. The second-order valence-electron chi connectivity index (χ2n) is 4.88. The number of likely N-dealkylation sites (N-methyl/N-ethyl adjacent to an activating group) is 1. The SMILES string of the molecule is CCNC(C)CCc1nc(CCN(CC)CC)no1. The van der Waals surface area contributed by atoms with E-state index in [9.17, 15) is 0 Å². The summed E-state index contributed by atoms with van der Waals surface area (Å²) in [5.41, 5.74) is 0. The summed E-state index contributed by atoms with van der Waals surface area (Å²) in [6.07, 6.45) is 2.76. The van der Waals surface area contributed by atoms with Crippen molar-refractivity contribution in [1.29, 1.82) is 0 Å². The van der Waals surface area contributed by atoms with Gasteiger partial charge in [-0.05, 0) is 33.0 Å². The number of hydrogen-bond acceptors (Lipinski definition) is 5. The van der Waals surface area contributed by atoms with Gasteiger partial charge in [-0.3, -0.25) is 0 Å². The van der Waals surface area contributed by atoms with E-state index >= 15 is 0 Å². The van der Waals surface area contributed by atoms with E-state index in [4.69, 9.17) is 4.52 Å². The summed E-state index contributed by atoms with van der Waals surface area (Å²) in [5.74, 6) is 1.59. The van der Waals surface area contributed by atoms with Crippen molar-refractivity contribution < 1.29 is 4.52 Å². The highest BCUT2D eigenvalue weighted by Crippen LogP contribution is 2.04. The van der Waals surface area contributed by atoms with Crippen LogP contribution < -0.4 is 5.32 Å². The number of aryl methyl sites for hydroxylation is 1. The maximum atomic E-state index is 5.29. The molecule has 0 amide bonds. The molecule has 1 aromatic rings. The lowest BCUT2D eigenvalue weighted by Gasteiger charge is -2.16. The van der Waals surface area contributed by atoms with Gasteiger partial charge in [0.15, 0.2) is 5.82 Å². The van der Waals surface area contributed by atoms with Crippen LogP contribution in [0.4, 0.5) is 0 Å². The Morgan fingerprint density at radius 2 is 1.95 bits per heavy atom. The van der Waals surface area contributed by atoms with Crippen molar-refractivity contribution in [2.75, 3.05) is 26.2 Å². The number of rotatable bonds is 10. The predicted octanol–water partition coefficient (Wildman–Crippen LogP) is 1.88. The molecule has 0 fully saturated rings. The fraction of sp³-hybridized carbons (Fsp3) is 0.857. The maximum Gasteiger partial charge on any atom is 0.226 e.